The van der Waals surface area contributed by atoms with Crippen LogP contribution in [0.3, 0.4) is 0 Å². The zero-order valence-electron chi connectivity index (χ0n) is 12.9. The summed E-state index contributed by atoms with van der Waals surface area (Å²) in [5.74, 6) is -0.866. The van der Waals surface area contributed by atoms with Gasteiger partial charge in [-0.3, -0.25) is 10.1 Å². The number of carbonyl (C=O) groups excluding carboxylic acids is 2. The summed E-state index contributed by atoms with van der Waals surface area (Å²) in [6, 6.07) is 4.86. The lowest BCUT2D eigenvalue weighted by atomic mass is 10.1. The van der Waals surface area contributed by atoms with Gasteiger partial charge < -0.3 is 19.6 Å². The number of rotatable bonds is 5. The number of nitro groups is 1. The molecule has 2 N–H and O–H groups in total. The van der Waals surface area contributed by atoms with Crippen LogP contribution < -0.4 is 5.73 Å². The molecular formula is C15H14N2O7. The topological polar surface area (TPSA) is 135 Å². The third kappa shape index (κ3) is 3.51. The second kappa shape index (κ2) is 6.82. The molecule has 9 nitrogen and oxygen atoms in total. The van der Waals surface area contributed by atoms with Crippen LogP contribution in [0.1, 0.15) is 32.2 Å². The Balaban J connectivity index is 2.13. The highest BCUT2D eigenvalue weighted by Gasteiger charge is 2.19. The van der Waals surface area contributed by atoms with Gasteiger partial charge in [-0.05, 0) is 19.1 Å². The second-order valence-electron chi connectivity index (χ2n) is 4.78. The van der Waals surface area contributed by atoms with Crippen molar-refractivity contribution in [3.05, 3.63) is 57.0 Å². The van der Waals surface area contributed by atoms with E-state index in [0.717, 1.165) is 6.07 Å². The molecule has 1 aromatic carbocycles. The number of nitro benzene ring substituents is 1. The standard InChI is InChI=1S/C15H14N2O7/c1-8-11(14(18)22-2)6-10(24-8)7-23-15(19)12-5-9(17(20)21)3-4-13(12)16/h3-6H,7,16H2,1-2H3. The maximum atomic E-state index is 12.0. The van der Waals surface area contributed by atoms with Crippen LogP contribution in [-0.2, 0) is 16.1 Å². The lowest BCUT2D eigenvalue weighted by Gasteiger charge is -2.05. The van der Waals surface area contributed by atoms with E-state index in [9.17, 15) is 19.7 Å². The van der Waals surface area contributed by atoms with E-state index >= 15 is 0 Å². The highest BCUT2D eigenvalue weighted by molar-refractivity contribution is 5.95. The van der Waals surface area contributed by atoms with Crippen molar-refractivity contribution in [2.45, 2.75) is 13.5 Å². The number of carbonyl (C=O) groups is 2. The fraction of sp³-hybridized carbons (Fsp3) is 0.200. The van der Waals surface area contributed by atoms with Crippen LogP contribution in [0, 0.1) is 17.0 Å². The van der Waals surface area contributed by atoms with Gasteiger partial charge in [-0.1, -0.05) is 0 Å². The van der Waals surface area contributed by atoms with Crippen molar-refractivity contribution >= 4 is 23.3 Å². The molecule has 0 aliphatic rings. The monoisotopic (exact) mass is 334 g/mol. The van der Waals surface area contributed by atoms with E-state index in [4.69, 9.17) is 14.9 Å². The van der Waals surface area contributed by atoms with Crippen LogP contribution in [0.25, 0.3) is 0 Å². The molecule has 0 bridgehead atoms. The van der Waals surface area contributed by atoms with Crippen LogP contribution in [0.15, 0.2) is 28.7 Å². The van der Waals surface area contributed by atoms with Crippen LogP contribution in [0.4, 0.5) is 11.4 Å². The number of benzene rings is 1. The van der Waals surface area contributed by atoms with Crippen molar-refractivity contribution < 1.29 is 28.4 Å². The number of nitrogens with two attached hydrogens (primary N) is 1. The lowest BCUT2D eigenvalue weighted by Crippen LogP contribution is -2.08. The summed E-state index contributed by atoms with van der Waals surface area (Å²) in [5, 5.41) is 10.8. The Labute approximate surface area is 136 Å². The molecule has 24 heavy (non-hydrogen) atoms. The van der Waals surface area contributed by atoms with E-state index in [2.05, 4.69) is 4.74 Å². The largest absolute Gasteiger partial charge is 0.465 e. The third-order valence-corrected chi connectivity index (χ3v) is 3.19. The van der Waals surface area contributed by atoms with Crippen LogP contribution in [0.5, 0.6) is 0 Å². The molecule has 0 saturated heterocycles. The highest BCUT2D eigenvalue weighted by Crippen LogP contribution is 2.22. The first-order valence-corrected chi connectivity index (χ1v) is 6.72. The Morgan fingerprint density at radius 1 is 1.25 bits per heavy atom. The second-order valence-corrected chi connectivity index (χ2v) is 4.78. The van der Waals surface area contributed by atoms with Gasteiger partial charge in [-0.25, -0.2) is 9.59 Å². The number of hydrogen-bond acceptors (Lipinski definition) is 8. The predicted molar refractivity (Wildman–Crippen MR) is 81.4 cm³/mol. The van der Waals surface area contributed by atoms with Gasteiger partial charge in [0.2, 0.25) is 0 Å². The van der Waals surface area contributed by atoms with Crippen molar-refractivity contribution in [2.75, 3.05) is 12.8 Å². The maximum Gasteiger partial charge on any atom is 0.341 e. The molecule has 0 aliphatic carbocycles. The minimum Gasteiger partial charge on any atom is -0.465 e. The summed E-state index contributed by atoms with van der Waals surface area (Å²) in [4.78, 5) is 33.6. The Morgan fingerprint density at radius 3 is 2.58 bits per heavy atom. The van der Waals surface area contributed by atoms with E-state index in [1.54, 1.807) is 6.92 Å². The number of nitrogens with zero attached hydrogens (tertiary/aromatic N) is 1. The molecule has 0 fully saturated rings. The zero-order chi connectivity index (χ0) is 17.9. The Kier molecular flexibility index (Phi) is 4.83. The first-order valence-electron chi connectivity index (χ1n) is 6.72. The first kappa shape index (κ1) is 17.0. The van der Waals surface area contributed by atoms with Gasteiger partial charge in [-0.15, -0.1) is 0 Å². The van der Waals surface area contributed by atoms with Gasteiger partial charge >= 0.3 is 11.9 Å². The van der Waals surface area contributed by atoms with Crippen LogP contribution in [0.2, 0.25) is 0 Å². The van der Waals surface area contributed by atoms with E-state index in [-0.39, 0.29) is 34.9 Å². The van der Waals surface area contributed by atoms with Gasteiger partial charge in [-0.2, -0.15) is 0 Å². The minimum atomic E-state index is -0.843. The molecule has 0 aliphatic heterocycles. The molecule has 0 radical (unpaired) electrons. The summed E-state index contributed by atoms with van der Waals surface area (Å²) in [5.41, 5.74) is 5.51. The Morgan fingerprint density at radius 2 is 1.96 bits per heavy atom. The number of nitrogen functional groups attached to an aromatic ring is 1. The third-order valence-electron chi connectivity index (χ3n) is 3.19. The number of furan rings is 1. The van der Waals surface area contributed by atoms with Gasteiger partial charge in [0.25, 0.3) is 5.69 Å². The highest BCUT2D eigenvalue weighted by atomic mass is 16.6. The maximum absolute atomic E-state index is 12.0. The molecule has 0 spiro atoms. The normalized spacial score (nSPS) is 10.2. The SMILES string of the molecule is COC(=O)c1cc(COC(=O)c2cc([N+](=O)[O-])ccc2N)oc1C. The minimum absolute atomic E-state index is 0.0523. The van der Waals surface area contributed by atoms with Crippen molar-refractivity contribution in [1.82, 2.24) is 0 Å². The molecule has 2 rings (SSSR count). The molecule has 0 amide bonds. The van der Waals surface area contributed by atoms with E-state index in [0.29, 0.717) is 5.76 Å². The van der Waals surface area contributed by atoms with E-state index in [1.807, 2.05) is 0 Å². The zero-order valence-corrected chi connectivity index (χ0v) is 12.9. The van der Waals surface area contributed by atoms with Gasteiger partial charge in [0, 0.05) is 17.8 Å². The molecule has 0 unspecified atom stereocenters. The molecule has 126 valence electrons. The number of hydrogen-bond donors (Lipinski definition) is 1. The fourth-order valence-corrected chi connectivity index (χ4v) is 1.98. The molecule has 1 aromatic heterocycles. The Bertz CT molecular complexity index is 810. The molecule has 1 heterocycles. The summed E-state index contributed by atoms with van der Waals surface area (Å²) in [6.45, 7) is 1.30. The quantitative estimate of drug-likeness (QED) is 0.380. The summed E-state index contributed by atoms with van der Waals surface area (Å²) in [6.07, 6.45) is 0. The molecule has 0 saturated carbocycles. The summed E-state index contributed by atoms with van der Waals surface area (Å²) < 4.78 is 14.9. The number of methoxy groups -OCH3 is 1. The molecule has 9 heteroatoms. The van der Waals surface area contributed by atoms with Crippen LogP contribution >= 0.6 is 0 Å². The number of ether oxygens (including phenoxy) is 2. The van der Waals surface area contributed by atoms with Gasteiger partial charge in [0.1, 0.15) is 23.7 Å². The van der Waals surface area contributed by atoms with Crippen molar-refractivity contribution in [2.24, 2.45) is 0 Å². The van der Waals surface area contributed by atoms with E-state index in [1.165, 1.54) is 25.3 Å². The number of esters is 2. The average molecular weight is 334 g/mol. The number of non-ortho nitro benzene ring substituents is 1. The first-order chi connectivity index (χ1) is 11.3. The lowest BCUT2D eigenvalue weighted by molar-refractivity contribution is -0.384. The smallest absolute Gasteiger partial charge is 0.341 e. The van der Waals surface area contributed by atoms with Crippen molar-refractivity contribution in [1.29, 1.82) is 0 Å². The van der Waals surface area contributed by atoms with Crippen LogP contribution in [-0.4, -0.2) is 24.0 Å². The van der Waals surface area contributed by atoms with Gasteiger partial charge in [0.05, 0.1) is 17.6 Å². The Hall–Kier alpha value is -3.36. The van der Waals surface area contributed by atoms with E-state index < -0.39 is 16.9 Å². The van der Waals surface area contributed by atoms with Crippen molar-refractivity contribution in [3.63, 3.8) is 0 Å². The number of aryl methyl sites for hydroxylation is 1. The molecule has 0 atom stereocenters. The summed E-state index contributed by atoms with van der Waals surface area (Å²) in [7, 11) is 1.24. The number of anilines is 1. The molecule has 2 aromatic rings. The molecular weight excluding hydrogens is 320 g/mol. The summed E-state index contributed by atoms with van der Waals surface area (Å²) >= 11 is 0. The fourth-order valence-electron chi connectivity index (χ4n) is 1.98. The predicted octanol–water partition coefficient (Wildman–Crippen LogP) is 2.22. The van der Waals surface area contributed by atoms with Gasteiger partial charge in [0.15, 0.2) is 0 Å². The average Bonchev–Trinajstić information content (AvgIpc) is 2.93. The van der Waals surface area contributed by atoms with Crippen molar-refractivity contribution in [3.8, 4) is 0 Å².